The Labute approximate surface area is 122 Å². The van der Waals surface area contributed by atoms with Gasteiger partial charge in [0.15, 0.2) is 0 Å². The SMILES string of the molecule is CCC(CC)C1c2ccccc2CCc2ccccc21. The van der Waals surface area contributed by atoms with Crippen LogP contribution in [0.25, 0.3) is 0 Å². The maximum absolute atomic E-state index is 2.36. The predicted octanol–water partition coefficient (Wildman–Crippen LogP) is 5.35. The maximum atomic E-state index is 2.36. The smallest absolute Gasteiger partial charge is 0.0123 e. The fourth-order valence-corrected chi connectivity index (χ4v) is 3.84. The summed E-state index contributed by atoms with van der Waals surface area (Å²) < 4.78 is 0. The molecule has 0 atom stereocenters. The van der Waals surface area contributed by atoms with Crippen LogP contribution >= 0.6 is 0 Å². The highest BCUT2D eigenvalue weighted by molar-refractivity contribution is 5.45. The second kappa shape index (κ2) is 5.83. The van der Waals surface area contributed by atoms with E-state index in [1.54, 1.807) is 22.3 Å². The van der Waals surface area contributed by atoms with Crippen molar-refractivity contribution in [1.82, 2.24) is 0 Å². The first-order chi connectivity index (χ1) is 9.85. The van der Waals surface area contributed by atoms with Crippen LogP contribution in [0.3, 0.4) is 0 Å². The highest BCUT2D eigenvalue weighted by Crippen LogP contribution is 2.41. The van der Waals surface area contributed by atoms with E-state index >= 15 is 0 Å². The molecule has 2 aromatic carbocycles. The molecule has 0 unspecified atom stereocenters. The Morgan fingerprint density at radius 2 is 1.25 bits per heavy atom. The normalized spacial score (nSPS) is 14.8. The molecule has 0 spiro atoms. The van der Waals surface area contributed by atoms with Crippen molar-refractivity contribution in [1.29, 1.82) is 0 Å². The van der Waals surface area contributed by atoms with Gasteiger partial charge in [0.1, 0.15) is 0 Å². The minimum Gasteiger partial charge on any atom is -0.0651 e. The Morgan fingerprint density at radius 3 is 1.70 bits per heavy atom. The molecule has 3 rings (SSSR count). The summed E-state index contributed by atoms with van der Waals surface area (Å²) in [5.74, 6) is 1.33. The van der Waals surface area contributed by atoms with Crippen molar-refractivity contribution >= 4 is 0 Å². The lowest BCUT2D eigenvalue weighted by Gasteiger charge is -2.28. The van der Waals surface area contributed by atoms with Crippen LogP contribution < -0.4 is 0 Å². The van der Waals surface area contributed by atoms with E-state index in [1.165, 1.54) is 25.7 Å². The maximum Gasteiger partial charge on any atom is 0.0123 e. The summed E-state index contributed by atoms with van der Waals surface area (Å²) in [4.78, 5) is 0. The first-order valence-corrected chi connectivity index (χ1v) is 8.00. The van der Waals surface area contributed by atoms with E-state index in [0.717, 1.165) is 5.92 Å². The summed E-state index contributed by atoms with van der Waals surface area (Å²) in [6.45, 7) is 4.68. The molecule has 2 aromatic rings. The average Bonchev–Trinajstić information content (AvgIpc) is 2.67. The van der Waals surface area contributed by atoms with Crippen molar-refractivity contribution in [3.63, 3.8) is 0 Å². The molecule has 0 nitrogen and oxygen atoms in total. The summed E-state index contributed by atoms with van der Waals surface area (Å²) in [6, 6.07) is 18.2. The van der Waals surface area contributed by atoms with E-state index in [0.29, 0.717) is 5.92 Å². The molecule has 0 N–H and O–H groups in total. The standard InChI is InChI=1S/C20H24/c1-3-15(4-2)20-18-11-7-5-9-16(18)13-14-17-10-6-8-12-19(17)20/h5-12,15,20H,3-4,13-14H2,1-2H3. The number of rotatable bonds is 3. The predicted molar refractivity (Wildman–Crippen MR) is 86.2 cm³/mol. The number of benzene rings is 2. The Balaban J connectivity index is 2.18. The van der Waals surface area contributed by atoms with Crippen LogP contribution in [0.4, 0.5) is 0 Å². The lowest BCUT2D eigenvalue weighted by atomic mass is 9.76. The molecule has 0 fully saturated rings. The fraction of sp³-hybridized carbons (Fsp3) is 0.400. The summed E-state index contributed by atoms with van der Waals surface area (Å²) >= 11 is 0. The van der Waals surface area contributed by atoms with Gasteiger partial charge in [0.05, 0.1) is 0 Å². The minimum absolute atomic E-state index is 0.583. The van der Waals surface area contributed by atoms with Crippen LogP contribution in [0, 0.1) is 5.92 Å². The van der Waals surface area contributed by atoms with Crippen LogP contribution in [0.15, 0.2) is 48.5 Å². The summed E-state index contributed by atoms with van der Waals surface area (Å²) in [6.07, 6.45) is 4.88. The third kappa shape index (κ3) is 2.28. The molecule has 104 valence electrons. The van der Waals surface area contributed by atoms with Crippen molar-refractivity contribution in [2.45, 2.75) is 45.4 Å². The fourth-order valence-electron chi connectivity index (χ4n) is 3.84. The van der Waals surface area contributed by atoms with Crippen molar-refractivity contribution < 1.29 is 0 Å². The second-order valence-corrected chi connectivity index (χ2v) is 5.95. The number of aryl methyl sites for hydroxylation is 2. The zero-order valence-corrected chi connectivity index (χ0v) is 12.6. The average molecular weight is 264 g/mol. The van der Waals surface area contributed by atoms with E-state index in [2.05, 4.69) is 62.4 Å². The van der Waals surface area contributed by atoms with Crippen LogP contribution in [-0.2, 0) is 12.8 Å². The van der Waals surface area contributed by atoms with Gasteiger partial charge in [0.25, 0.3) is 0 Å². The quantitative estimate of drug-likeness (QED) is 0.700. The van der Waals surface area contributed by atoms with Gasteiger partial charge in [-0.3, -0.25) is 0 Å². The molecule has 0 aromatic heterocycles. The molecule has 0 heterocycles. The van der Waals surface area contributed by atoms with Crippen LogP contribution in [0.2, 0.25) is 0 Å². The molecule has 1 aliphatic carbocycles. The number of hydrogen-bond acceptors (Lipinski definition) is 0. The Morgan fingerprint density at radius 1 is 0.800 bits per heavy atom. The highest BCUT2D eigenvalue weighted by Gasteiger charge is 2.28. The van der Waals surface area contributed by atoms with E-state index in [1.807, 2.05) is 0 Å². The number of hydrogen-bond donors (Lipinski definition) is 0. The summed E-state index contributed by atoms with van der Waals surface area (Å²) in [7, 11) is 0. The minimum atomic E-state index is 0.583. The van der Waals surface area contributed by atoms with Gasteiger partial charge in [-0.2, -0.15) is 0 Å². The zero-order chi connectivity index (χ0) is 13.9. The van der Waals surface area contributed by atoms with Crippen LogP contribution in [0.5, 0.6) is 0 Å². The topological polar surface area (TPSA) is 0 Å². The van der Waals surface area contributed by atoms with Crippen molar-refractivity contribution in [2.75, 3.05) is 0 Å². The van der Waals surface area contributed by atoms with Gasteiger partial charge in [0.2, 0.25) is 0 Å². The lowest BCUT2D eigenvalue weighted by molar-refractivity contribution is 0.437. The monoisotopic (exact) mass is 264 g/mol. The molecule has 0 heteroatoms. The summed E-state index contributed by atoms with van der Waals surface area (Å²) in [5, 5.41) is 0. The number of fused-ring (bicyclic) bond motifs is 2. The van der Waals surface area contributed by atoms with Crippen LogP contribution in [0.1, 0.15) is 54.9 Å². The third-order valence-electron chi connectivity index (χ3n) is 4.96. The molecule has 0 aliphatic heterocycles. The largest absolute Gasteiger partial charge is 0.0651 e. The Hall–Kier alpha value is -1.56. The molecular weight excluding hydrogens is 240 g/mol. The van der Waals surface area contributed by atoms with Gasteiger partial charge >= 0.3 is 0 Å². The van der Waals surface area contributed by atoms with Crippen molar-refractivity contribution in [2.24, 2.45) is 5.92 Å². The highest BCUT2D eigenvalue weighted by atomic mass is 14.3. The Kier molecular flexibility index (Phi) is 3.91. The summed E-state index contributed by atoms with van der Waals surface area (Å²) in [5.41, 5.74) is 6.26. The molecule has 0 saturated heterocycles. The van der Waals surface area contributed by atoms with Gasteiger partial charge in [-0.1, -0.05) is 75.2 Å². The molecule has 0 radical (unpaired) electrons. The first kappa shape index (κ1) is 13.4. The zero-order valence-electron chi connectivity index (χ0n) is 12.6. The van der Waals surface area contributed by atoms with Gasteiger partial charge in [0, 0.05) is 5.92 Å². The van der Waals surface area contributed by atoms with Crippen molar-refractivity contribution in [3.8, 4) is 0 Å². The van der Waals surface area contributed by atoms with E-state index < -0.39 is 0 Å². The van der Waals surface area contributed by atoms with Gasteiger partial charge < -0.3 is 0 Å². The van der Waals surface area contributed by atoms with Crippen molar-refractivity contribution in [3.05, 3.63) is 70.8 Å². The van der Waals surface area contributed by atoms with Gasteiger partial charge in [-0.15, -0.1) is 0 Å². The molecule has 0 amide bonds. The molecule has 20 heavy (non-hydrogen) atoms. The molecule has 0 bridgehead atoms. The van der Waals surface area contributed by atoms with Gasteiger partial charge in [-0.05, 0) is 41.0 Å². The lowest BCUT2D eigenvalue weighted by Crippen LogP contribution is -2.14. The third-order valence-corrected chi connectivity index (χ3v) is 4.96. The molecular formula is C20H24. The Bertz CT molecular complexity index is 531. The van der Waals surface area contributed by atoms with Gasteiger partial charge in [-0.25, -0.2) is 0 Å². The first-order valence-electron chi connectivity index (χ1n) is 8.00. The van der Waals surface area contributed by atoms with E-state index in [4.69, 9.17) is 0 Å². The molecule has 1 aliphatic rings. The van der Waals surface area contributed by atoms with Crippen LogP contribution in [-0.4, -0.2) is 0 Å². The molecule has 0 saturated carbocycles. The second-order valence-electron chi connectivity index (χ2n) is 5.95. The van der Waals surface area contributed by atoms with E-state index in [9.17, 15) is 0 Å². The van der Waals surface area contributed by atoms with E-state index in [-0.39, 0.29) is 0 Å².